The first-order valence-electron chi connectivity index (χ1n) is 12.6. The van der Waals surface area contributed by atoms with Crippen molar-refractivity contribution in [3.8, 4) is 0 Å². The average molecular weight is 436 g/mol. The smallest absolute Gasteiger partial charge is 0.550 e. The van der Waals surface area contributed by atoms with Gasteiger partial charge in [-0.1, -0.05) is 97.8 Å². The minimum absolute atomic E-state index is 0. The molecule has 0 spiro atoms. The number of unbranched alkanes of at least 4 members (excludes halogenated alkanes) is 11. The summed E-state index contributed by atoms with van der Waals surface area (Å²) in [5.41, 5.74) is 0. The normalized spacial score (nSPS) is 12.1. The van der Waals surface area contributed by atoms with Crippen LogP contribution in [0.15, 0.2) is 0 Å². The Morgan fingerprint density at radius 2 is 1.07 bits per heavy atom. The fraction of sp³-hybridized carbons (Fsp3) is 0.960. The van der Waals surface area contributed by atoms with Gasteiger partial charge in [0.25, 0.3) is 0 Å². The topological polar surface area (TPSA) is 43.4 Å². The monoisotopic (exact) mass is 435 g/mol. The van der Waals surface area contributed by atoms with E-state index in [1.165, 1.54) is 109 Å². The summed E-state index contributed by atoms with van der Waals surface area (Å²) in [6, 6.07) is 0.561. The number of aliphatic carboxylic acids is 1. The van der Waals surface area contributed by atoms with Crippen LogP contribution < -0.4 is 56.5 Å². The van der Waals surface area contributed by atoms with Gasteiger partial charge in [-0.2, -0.15) is 0 Å². The van der Waals surface area contributed by atoms with Crippen molar-refractivity contribution in [2.45, 2.75) is 142 Å². The van der Waals surface area contributed by atoms with Gasteiger partial charge in [0.05, 0.1) is 0 Å². The van der Waals surface area contributed by atoms with Crippen LogP contribution in [0.25, 0.3) is 0 Å². The molecule has 0 saturated heterocycles. The molecule has 4 heteroatoms. The van der Waals surface area contributed by atoms with Crippen LogP contribution in [-0.4, -0.2) is 30.0 Å². The Hall–Kier alpha value is 1.07. The van der Waals surface area contributed by atoms with E-state index in [-0.39, 0.29) is 57.8 Å². The molecule has 0 fully saturated rings. The minimum atomic E-state index is -0.896. The third-order valence-corrected chi connectivity index (χ3v) is 5.92. The van der Waals surface area contributed by atoms with Gasteiger partial charge in [0.15, 0.2) is 0 Å². The number of carbonyl (C=O) groups excluding carboxylic acids is 1. The summed E-state index contributed by atoms with van der Waals surface area (Å²) in [5, 5.41) is 10.8. The van der Waals surface area contributed by atoms with Gasteiger partial charge in [0.2, 0.25) is 0 Å². The van der Waals surface area contributed by atoms with Crippen LogP contribution in [0.3, 0.4) is 0 Å². The molecule has 0 amide bonds. The summed E-state index contributed by atoms with van der Waals surface area (Å²) in [6.07, 6.45) is 21.8. The zero-order valence-electron chi connectivity index (χ0n) is 20.5. The fourth-order valence-corrected chi connectivity index (χ4v) is 4.10. The van der Waals surface area contributed by atoms with Crippen molar-refractivity contribution in [1.82, 2.24) is 4.90 Å². The molecule has 0 heterocycles. The van der Waals surface area contributed by atoms with Crippen molar-refractivity contribution in [2.75, 3.05) is 13.1 Å². The van der Waals surface area contributed by atoms with Crippen LogP contribution in [0.5, 0.6) is 0 Å². The first-order valence-corrected chi connectivity index (χ1v) is 12.6. The molecule has 0 radical (unpaired) electrons. The van der Waals surface area contributed by atoms with Crippen molar-refractivity contribution in [3.05, 3.63) is 0 Å². The van der Waals surface area contributed by atoms with E-state index in [0.29, 0.717) is 6.04 Å². The third kappa shape index (κ3) is 22.1. The van der Waals surface area contributed by atoms with Crippen molar-refractivity contribution >= 4 is 5.97 Å². The summed E-state index contributed by atoms with van der Waals surface area (Å²) in [4.78, 5) is 13.5. The molecule has 0 bridgehead atoms. The second kappa shape index (κ2) is 25.3. The number of hydrogen-bond acceptors (Lipinski definition) is 3. The largest absolute Gasteiger partial charge is 1.00 e. The van der Waals surface area contributed by atoms with E-state index in [2.05, 4.69) is 25.7 Å². The molecule has 0 N–H and O–H groups in total. The van der Waals surface area contributed by atoms with Gasteiger partial charge in [-0.25, -0.2) is 0 Å². The SMILES string of the molecule is CCCCCCCCN(CCCCCCCC)C(CCCC)CCCC(=O)[O-].[K+]. The van der Waals surface area contributed by atoms with E-state index in [0.717, 1.165) is 12.8 Å². The zero-order chi connectivity index (χ0) is 20.9. The van der Waals surface area contributed by atoms with E-state index in [4.69, 9.17) is 0 Å². The van der Waals surface area contributed by atoms with Crippen molar-refractivity contribution in [2.24, 2.45) is 0 Å². The van der Waals surface area contributed by atoms with Gasteiger partial charge >= 0.3 is 51.4 Å². The van der Waals surface area contributed by atoms with E-state index in [9.17, 15) is 9.90 Å². The molecular weight excluding hydrogens is 385 g/mol. The average Bonchev–Trinajstić information content (AvgIpc) is 2.68. The number of carboxylic acids is 1. The van der Waals surface area contributed by atoms with Crippen molar-refractivity contribution in [3.63, 3.8) is 0 Å². The Balaban J connectivity index is 0. The van der Waals surface area contributed by atoms with Gasteiger partial charge in [-0.05, 0) is 51.6 Å². The zero-order valence-corrected chi connectivity index (χ0v) is 23.6. The van der Waals surface area contributed by atoms with E-state index in [1.807, 2.05) is 0 Å². The maximum Gasteiger partial charge on any atom is 1.00 e. The number of carbonyl (C=O) groups is 1. The Labute approximate surface area is 225 Å². The van der Waals surface area contributed by atoms with Crippen LogP contribution in [0, 0.1) is 0 Å². The van der Waals surface area contributed by atoms with E-state index in [1.54, 1.807) is 0 Å². The molecule has 1 unspecified atom stereocenters. The van der Waals surface area contributed by atoms with Crippen LogP contribution in [0.4, 0.5) is 0 Å². The van der Waals surface area contributed by atoms with E-state index >= 15 is 0 Å². The quantitative estimate of drug-likeness (QED) is 0.193. The second-order valence-electron chi connectivity index (χ2n) is 8.63. The predicted octanol–water partition coefficient (Wildman–Crippen LogP) is 3.49. The van der Waals surface area contributed by atoms with Crippen LogP contribution in [0.1, 0.15) is 136 Å². The maximum absolute atomic E-state index is 10.8. The van der Waals surface area contributed by atoms with Crippen LogP contribution in [-0.2, 0) is 4.79 Å². The number of rotatable bonds is 22. The Morgan fingerprint density at radius 1 is 0.655 bits per heavy atom. The molecule has 29 heavy (non-hydrogen) atoms. The van der Waals surface area contributed by atoms with Gasteiger partial charge in [-0.3, -0.25) is 0 Å². The Morgan fingerprint density at radius 3 is 1.52 bits per heavy atom. The molecule has 0 aromatic carbocycles. The molecule has 0 aliphatic carbocycles. The Kier molecular flexibility index (Phi) is 28.2. The minimum Gasteiger partial charge on any atom is -0.550 e. The second-order valence-corrected chi connectivity index (χ2v) is 8.63. The molecule has 3 nitrogen and oxygen atoms in total. The van der Waals surface area contributed by atoms with Crippen LogP contribution in [0.2, 0.25) is 0 Å². The van der Waals surface area contributed by atoms with Crippen molar-refractivity contribution in [1.29, 1.82) is 0 Å². The van der Waals surface area contributed by atoms with Gasteiger partial charge in [0, 0.05) is 12.0 Å². The number of hydrogen-bond donors (Lipinski definition) is 0. The van der Waals surface area contributed by atoms with E-state index < -0.39 is 5.97 Å². The maximum atomic E-state index is 10.8. The summed E-state index contributed by atoms with van der Waals surface area (Å²) >= 11 is 0. The summed E-state index contributed by atoms with van der Waals surface area (Å²) in [5.74, 6) is -0.896. The van der Waals surface area contributed by atoms with Crippen molar-refractivity contribution < 1.29 is 61.3 Å². The van der Waals surface area contributed by atoms with Crippen LogP contribution >= 0.6 is 0 Å². The molecule has 0 aliphatic rings. The summed E-state index contributed by atoms with van der Waals surface area (Å²) in [6.45, 7) is 9.19. The van der Waals surface area contributed by atoms with Gasteiger partial charge in [0.1, 0.15) is 0 Å². The third-order valence-electron chi connectivity index (χ3n) is 5.92. The summed E-state index contributed by atoms with van der Waals surface area (Å²) < 4.78 is 0. The predicted molar refractivity (Wildman–Crippen MR) is 120 cm³/mol. The first kappa shape index (κ1) is 32.2. The first-order chi connectivity index (χ1) is 13.7. The Bertz CT molecular complexity index is 323. The van der Waals surface area contributed by atoms with Gasteiger partial charge < -0.3 is 14.8 Å². The van der Waals surface area contributed by atoms with Gasteiger partial charge in [-0.15, -0.1) is 0 Å². The standard InChI is InChI=1S/C25H51NO2.K/c1-4-7-10-12-14-16-22-26(23-17-15-13-11-8-5-2)24(19-9-6-3)20-18-21-25(27)28;/h24H,4-23H2,1-3H3,(H,27,28);/q;+1/p-1. The molecule has 1 atom stereocenters. The molecule has 0 saturated carbocycles. The molecule has 168 valence electrons. The molecular formula is C25H50KNO2. The molecule has 0 aliphatic heterocycles. The molecule has 0 aromatic heterocycles. The fourth-order valence-electron chi connectivity index (χ4n) is 4.10. The molecule has 0 rings (SSSR count). The summed E-state index contributed by atoms with van der Waals surface area (Å²) in [7, 11) is 0. The molecule has 0 aromatic rings. The number of carboxylic acid groups (broad SMARTS) is 1. The number of nitrogens with zero attached hydrogens (tertiary/aromatic N) is 1.